The molecule has 1 heterocycles. The molecule has 11 nitrogen and oxygen atoms in total. The van der Waals surface area contributed by atoms with E-state index in [2.05, 4.69) is 55.5 Å². The summed E-state index contributed by atoms with van der Waals surface area (Å²) < 4.78 is 6.98. The lowest BCUT2D eigenvalue weighted by atomic mass is 9.86. The smallest absolute Gasteiger partial charge is 0.412 e. The molecule has 0 spiro atoms. The molecule has 2 aliphatic rings. The zero-order valence-corrected chi connectivity index (χ0v) is 36.6. The molecule has 3 aromatic carbocycles. The van der Waals surface area contributed by atoms with Gasteiger partial charge in [0.05, 0.1) is 17.3 Å². The number of phenols is 1. The van der Waals surface area contributed by atoms with E-state index < -0.39 is 14.4 Å². The Bertz CT molecular complexity index is 2100. The normalized spacial score (nSPS) is 20.6. The average Bonchev–Trinajstić information content (AvgIpc) is 3.19. The number of anilines is 1. The summed E-state index contributed by atoms with van der Waals surface area (Å²) in [6, 6.07) is 23.0. The lowest BCUT2D eigenvalue weighted by molar-refractivity contribution is -0.122. The van der Waals surface area contributed by atoms with Crippen LogP contribution in [0.25, 0.3) is 22.0 Å². The maximum atomic E-state index is 13.2. The zero-order valence-electron chi connectivity index (χ0n) is 35.6. The van der Waals surface area contributed by atoms with Crippen LogP contribution in [0.3, 0.4) is 0 Å². The van der Waals surface area contributed by atoms with Gasteiger partial charge in [0.25, 0.3) is 0 Å². The van der Waals surface area contributed by atoms with Crippen molar-refractivity contribution >= 4 is 36.9 Å². The summed E-state index contributed by atoms with van der Waals surface area (Å²) in [5.41, 5.74) is 10.9. The van der Waals surface area contributed by atoms with Gasteiger partial charge in [-0.25, -0.2) is 4.79 Å². The fraction of sp³-hybridized carbons (Fsp3) is 0.511. The molecule has 0 unspecified atom stereocenters. The van der Waals surface area contributed by atoms with Crippen LogP contribution >= 0.6 is 0 Å². The summed E-state index contributed by atoms with van der Waals surface area (Å²) >= 11 is 0. The van der Waals surface area contributed by atoms with Crippen LogP contribution in [-0.2, 0) is 15.6 Å². The number of aryl methyl sites for hydroxylation is 1. The number of carbonyl (C=O) groups is 2. The quantitative estimate of drug-likeness (QED) is 0.0646. The first-order chi connectivity index (χ1) is 28.1. The first-order valence-corrected chi connectivity index (χ1v) is 24.5. The monoisotopic (exact) mass is 823 g/mol. The molecule has 0 saturated heterocycles. The number of nitrogens with zero attached hydrogens (tertiary/aromatic N) is 1. The van der Waals surface area contributed by atoms with Crippen molar-refractivity contribution in [2.24, 2.45) is 11.7 Å². The first-order valence-electron chi connectivity index (χ1n) is 21.6. The largest absolute Gasteiger partial charge is 0.506 e. The molecular weight excluding hydrogens is 759 g/mol. The number of phenolic OH excluding ortho intramolecular Hbond substituents is 1. The highest BCUT2D eigenvalue weighted by Gasteiger charge is 2.40. The number of aromatic nitrogens is 1. The van der Waals surface area contributed by atoms with E-state index in [1.165, 1.54) is 6.07 Å². The summed E-state index contributed by atoms with van der Waals surface area (Å²) in [5.74, 6) is 0.581. The Kier molecular flexibility index (Phi) is 14.4. The molecular formula is C47H65N5O6Si. The number of hydrogen-bond donors (Lipinski definition) is 6. The Labute approximate surface area is 350 Å². The Morgan fingerprint density at radius 2 is 1.66 bits per heavy atom. The summed E-state index contributed by atoms with van der Waals surface area (Å²) in [4.78, 5) is 42.4. The van der Waals surface area contributed by atoms with Crippen molar-refractivity contribution in [1.82, 2.24) is 15.6 Å². The number of aromatic amines is 1. The first kappa shape index (κ1) is 44.1. The van der Waals surface area contributed by atoms with Crippen molar-refractivity contribution in [3.8, 4) is 16.9 Å². The van der Waals surface area contributed by atoms with Crippen LogP contribution in [0.4, 0.5) is 10.5 Å². The van der Waals surface area contributed by atoms with Gasteiger partial charge in [-0.1, -0.05) is 69.3 Å². The minimum atomic E-state index is -2.18. The van der Waals surface area contributed by atoms with Crippen LogP contribution in [0.1, 0.15) is 102 Å². The molecule has 59 heavy (non-hydrogen) atoms. The second kappa shape index (κ2) is 19.3. The van der Waals surface area contributed by atoms with Crippen molar-refractivity contribution in [3.63, 3.8) is 0 Å². The highest BCUT2D eigenvalue weighted by atomic mass is 28.4. The number of hydrogen-bond acceptors (Lipinski definition) is 7. The number of pyridine rings is 1. The van der Waals surface area contributed by atoms with E-state index in [4.69, 9.17) is 10.2 Å². The summed E-state index contributed by atoms with van der Waals surface area (Å²) in [7, 11) is -2.18. The van der Waals surface area contributed by atoms with Crippen LogP contribution in [0.15, 0.2) is 77.6 Å². The molecule has 12 heteroatoms. The van der Waals surface area contributed by atoms with Gasteiger partial charge >= 0.3 is 6.09 Å². The van der Waals surface area contributed by atoms with Gasteiger partial charge in [0, 0.05) is 48.1 Å². The molecule has 1 aromatic heterocycles. The Morgan fingerprint density at radius 1 is 0.949 bits per heavy atom. The molecule has 0 bridgehead atoms. The molecule has 2 saturated carbocycles. The zero-order chi connectivity index (χ0) is 42.3. The molecule has 318 valence electrons. The van der Waals surface area contributed by atoms with Crippen molar-refractivity contribution in [2.75, 3.05) is 18.0 Å². The number of amides is 2. The van der Waals surface area contributed by atoms with Crippen LogP contribution in [0.2, 0.25) is 18.1 Å². The maximum absolute atomic E-state index is 13.2. The number of carbonyl (C=O) groups excluding carboxylic acids is 1. The van der Waals surface area contributed by atoms with Gasteiger partial charge in [-0.3, -0.25) is 14.5 Å². The van der Waals surface area contributed by atoms with Gasteiger partial charge in [-0.2, -0.15) is 0 Å². The summed E-state index contributed by atoms with van der Waals surface area (Å²) in [6.07, 6.45) is 7.52. The van der Waals surface area contributed by atoms with Gasteiger partial charge in [-0.05, 0) is 130 Å². The third kappa shape index (κ3) is 11.2. The second-order valence-corrected chi connectivity index (χ2v) is 23.1. The third-order valence-electron chi connectivity index (χ3n) is 13.1. The minimum absolute atomic E-state index is 0.000692. The second-order valence-electron chi connectivity index (χ2n) is 18.4. The fourth-order valence-electron chi connectivity index (χ4n) is 8.58. The third-order valence-corrected chi connectivity index (χ3v) is 17.5. The summed E-state index contributed by atoms with van der Waals surface area (Å²) in [6.45, 7) is 12.6. The van der Waals surface area contributed by atoms with Crippen LogP contribution in [0, 0.1) is 5.92 Å². The number of aromatic hydroxyl groups is 1. The van der Waals surface area contributed by atoms with Crippen molar-refractivity contribution in [3.05, 3.63) is 94.3 Å². The predicted octanol–water partition coefficient (Wildman–Crippen LogP) is 9.01. The van der Waals surface area contributed by atoms with E-state index in [0.29, 0.717) is 42.9 Å². The number of nitrogens with one attached hydrogen (secondary N) is 3. The van der Waals surface area contributed by atoms with E-state index in [0.717, 1.165) is 85.6 Å². The molecule has 2 fully saturated rings. The molecule has 6 rings (SSSR count). The molecule has 1 atom stereocenters. The van der Waals surface area contributed by atoms with Gasteiger partial charge in [-0.15, -0.1) is 0 Å². The van der Waals surface area contributed by atoms with Crippen molar-refractivity contribution in [2.45, 2.75) is 134 Å². The molecule has 0 radical (unpaired) electrons. The van der Waals surface area contributed by atoms with Gasteiger partial charge in [0.15, 0.2) is 8.32 Å². The number of fused-ring (bicyclic) bond motifs is 1. The van der Waals surface area contributed by atoms with Crippen LogP contribution in [-0.4, -0.2) is 66.7 Å². The minimum Gasteiger partial charge on any atom is -0.506 e. The number of rotatable bonds is 15. The number of nitrogens with two attached hydrogens (primary N) is 1. The number of H-pyrrole nitrogens is 1. The molecule has 2 aliphatic carbocycles. The van der Waals surface area contributed by atoms with Crippen molar-refractivity contribution < 1.29 is 24.2 Å². The van der Waals surface area contributed by atoms with Gasteiger partial charge in [0.2, 0.25) is 11.5 Å². The maximum Gasteiger partial charge on any atom is 0.412 e. The highest BCUT2D eigenvalue weighted by Crippen LogP contribution is 2.41. The van der Waals surface area contributed by atoms with Crippen molar-refractivity contribution in [1.29, 1.82) is 0 Å². The lowest BCUT2D eigenvalue weighted by Gasteiger charge is -2.40. The topological polar surface area (TPSA) is 170 Å². The fourth-order valence-corrected chi connectivity index (χ4v) is 9.85. The predicted molar refractivity (Wildman–Crippen MR) is 240 cm³/mol. The van der Waals surface area contributed by atoms with Crippen LogP contribution in [0.5, 0.6) is 5.75 Å². The Balaban J connectivity index is 1.01. The molecule has 0 aliphatic heterocycles. The average molecular weight is 824 g/mol. The van der Waals surface area contributed by atoms with E-state index in [9.17, 15) is 24.6 Å². The summed E-state index contributed by atoms with van der Waals surface area (Å²) in [5, 5.41) is 28.8. The standard InChI is InChI=1S/C47H65N5O6Si/c1-47(2,3)59(4,5)58-42(38-24-26-41(53)45-39(38)25-27-44(55)51-45)30-49-29-32-14-19-35(20-15-32)50-43(54)13-9-10-31-16-23-37(33-11-7-6-8-12-33)40(28-31)52(46(56)57)36-21-17-34(48)18-22-36/h6-8,11-12,16,23-28,32,34-36,42,49,53H,9-10,13-15,17-22,29-30,48H2,1-5H3,(H,50,54)(H,51,55)(H,56,57)/t32-,34?,35-,36?,42-/m0/s1. The number of carboxylic acid groups (broad SMARTS) is 1. The Hall–Kier alpha value is -4.49. The van der Waals surface area contributed by atoms with E-state index >= 15 is 0 Å². The molecule has 2 amide bonds. The SMILES string of the molecule is CC(C)(C)[Si](C)(C)O[C@@H](CNC[C@H]1CC[C@H](NC(=O)CCCc2ccc(-c3ccccc3)c(N(C(=O)O)C3CCC(N)CC3)c2)CC1)c1ccc(O)c2[nH]c(=O)ccc12. The number of benzene rings is 3. The van der Waals surface area contributed by atoms with E-state index in [1.807, 2.05) is 48.5 Å². The van der Waals surface area contributed by atoms with Crippen LogP contribution < -0.4 is 26.8 Å². The van der Waals surface area contributed by atoms with Gasteiger partial charge < -0.3 is 36.0 Å². The lowest BCUT2D eigenvalue weighted by Crippen LogP contribution is -2.44. The highest BCUT2D eigenvalue weighted by molar-refractivity contribution is 6.74. The molecule has 7 N–H and O–H groups in total. The van der Waals surface area contributed by atoms with E-state index in [1.54, 1.807) is 17.0 Å². The van der Waals surface area contributed by atoms with Gasteiger partial charge in [0.1, 0.15) is 5.75 Å². The molecule has 4 aromatic rings. The Morgan fingerprint density at radius 3 is 2.34 bits per heavy atom. The van der Waals surface area contributed by atoms with E-state index in [-0.39, 0.29) is 46.5 Å².